The lowest BCUT2D eigenvalue weighted by molar-refractivity contribution is 0.617. The fourth-order valence-electron chi connectivity index (χ4n) is 3.48. The Kier molecular flexibility index (Phi) is 2.62. The molecule has 0 radical (unpaired) electrons. The first kappa shape index (κ1) is 11.7. The molecular formula is C16H18N4. The van der Waals surface area contributed by atoms with Crippen LogP contribution >= 0.6 is 0 Å². The van der Waals surface area contributed by atoms with Gasteiger partial charge in [0, 0.05) is 24.2 Å². The molecule has 2 aromatic heterocycles. The van der Waals surface area contributed by atoms with Crippen LogP contribution < -0.4 is 0 Å². The van der Waals surface area contributed by atoms with Crippen molar-refractivity contribution in [2.75, 3.05) is 0 Å². The van der Waals surface area contributed by atoms with Crippen molar-refractivity contribution < 1.29 is 0 Å². The van der Waals surface area contributed by atoms with Gasteiger partial charge in [-0.3, -0.25) is 0 Å². The third-order valence-corrected chi connectivity index (χ3v) is 4.47. The summed E-state index contributed by atoms with van der Waals surface area (Å²) in [5.41, 5.74) is 5.89. The van der Waals surface area contributed by atoms with E-state index in [1.54, 1.807) is 12.7 Å². The third-order valence-electron chi connectivity index (χ3n) is 4.47. The molecule has 4 nitrogen and oxygen atoms in total. The highest BCUT2D eigenvalue weighted by molar-refractivity contribution is 5.88. The number of para-hydroxylation sites is 1. The van der Waals surface area contributed by atoms with E-state index >= 15 is 0 Å². The van der Waals surface area contributed by atoms with E-state index in [-0.39, 0.29) is 0 Å². The molecule has 0 N–H and O–H groups in total. The first-order chi connectivity index (χ1) is 9.84. The Bertz CT molecular complexity index is 752. The molecule has 3 heterocycles. The number of hydrogen-bond acceptors (Lipinski definition) is 2. The molecule has 0 atom stereocenters. The average molecular weight is 266 g/mol. The molecule has 0 fully saturated rings. The zero-order chi connectivity index (χ0) is 13.5. The fourth-order valence-corrected chi connectivity index (χ4v) is 3.48. The lowest BCUT2D eigenvalue weighted by Gasteiger charge is -2.16. The molecule has 3 aromatic rings. The molecule has 0 bridgehead atoms. The predicted molar refractivity (Wildman–Crippen MR) is 78.7 cm³/mol. The molecule has 102 valence electrons. The lowest BCUT2D eigenvalue weighted by atomic mass is 10.0. The van der Waals surface area contributed by atoms with Gasteiger partial charge in [0.25, 0.3) is 0 Å². The van der Waals surface area contributed by atoms with E-state index in [0.717, 1.165) is 19.5 Å². The minimum absolute atomic E-state index is 0.942. The van der Waals surface area contributed by atoms with Crippen LogP contribution in [0, 0.1) is 6.92 Å². The van der Waals surface area contributed by atoms with E-state index in [0.29, 0.717) is 0 Å². The molecule has 20 heavy (non-hydrogen) atoms. The number of rotatable bonds is 3. The molecule has 1 aliphatic heterocycles. The average Bonchev–Trinajstić information content (AvgIpc) is 3.08. The normalized spacial score (nSPS) is 14.1. The number of benzene rings is 1. The number of aromatic nitrogens is 4. The van der Waals surface area contributed by atoms with Gasteiger partial charge in [-0.05, 0) is 37.3 Å². The maximum Gasteiger partial charge on any atom is 0.119 e. The zero-order valence-corrected chi connectivity index (χ0v) is 11.7. The second-order valence-corrected chi connectivity index (χ2v) is 5.58. The topological polar surface area (TPSA) is 35.6 Å². The monoisotopic (exact) mass is 266 g/mol. The summed E-state index contributed by atoms with van der Waals surface area (Å²) in [6.45, 7) is 4.36. The highest BCUT2D eigenvalue weighted by Gasteiger charge is 2.19. The Hall–Kier alpha value is -2.10. The summed E-state index contributed by atoms with van der Waals surface area (Å²) in [7, 11) is 0. The SMILES string of the molecule is Cc1c(CCn2cnnc2)c2cccc3c2n1CCC3. The van der Waals surface area contributed by atoms with Gasteiger partial charge in [0.05, 0.1) is 5.52 Å². The second kappa shape index (κ2) is 4.47. The first-order valence-corrected chi connectivity index (χ1v) is 7.26. The van der Waals surface area contributed by atoms with Crippen molar-refractivity contribution in [2.45, 2.75) is 39.3 Å². The van der Waals surface area contributed by atoms with Crippen LogP contribution in [0.3, 0.4) is 0 Å². The van der Waals surface area contributed by atoms with Gasteiger partial charge in [-0.25, -0.2) is 0 Å². The smallest absolute Gasteiger partial charge is 0.119 e. The van der Waals surface area contributed by atoms with Crippen LogP contribution in [0.4, 0.5) is 0 Å². The summed E-state index contributed by atoms with van der Waals surface area (Å²) in [6, 6.07) is 6.76. The van der Waals surface area contributed by atoms with Gasteiger partial charge in [-0.2, -0.15) is 0 Å². The van der Waals surface area contributed by atoms with Crippen molar-refractivity contribution in [2.24, 2.45) is 0 Å². The van der Waals surface area contributed by atoms with Crippen molar-refractivity contribution >= 4 is 10.9 Å². The molecule has 4 heteroatoms. The Balaban J connectivity index is 1.80. The summed E-state index contributed by atoms with van der Waals surface area (Å²) in [5, 5.41) is 9.18. The Morgan fingerprint density at radius 3 is 2.90 bits per heavy atom. The van der Waals surface area contributed by atoms with Gasteiger partial charge < -0.3 is 9.13 Å². The van der Waals surface area contributed by atoms with E-state index in [2.05, 4.69) is 39.9 Å². The molecule has 0 saturated heterocycles. The Morgan fingerprint density at radius 2 is 2.05 bits per heavy atom. The van der Waals surface area contributed by atoms with E-state index < -0.39 is 0 Å². The van der Waals surface area contributed by atoms with Gasteiger partial charge in [0.1, 0.15) is 12.7 Å². The van der Waals surface area contributed by atoms with Crippen LogP contribution in [-0.2, 0) is 25.9 Å². The molecule has 1 aliphatic rings. The summed E-state index contributed by atoms with van der Waals surface area (Å²) in [5.74, 6) is 0. The quantitative estimate of drug-likeness (QED) is 0.730. The van der Waals surface area contributed by atoms with Gasteiger partial charge in [-0.15, -0.1) is 10.2 Å². The molecular weight excluding hydrogens is 248 g/mol. The largest absolute Gasteiger partial charge is 0.344 e. The summed E-state index contributed by atoms with van der Waals surface area (Å²) >= 11 is 0. The van der Waals surface area contributed by atoms with Gasteiger partial charge in [-0.1, -0.05) is 18.2 Å². The second-order valence-electron chi connectivity index (χ2n) is 5.58. The summed E-state index contributed by atoms with van der Waals surface area (Å²) in [4.78, 5) is 0. The Labute approximate surface area is 118 Å². The number of hydrogen-bond donors (Lipinski definition) is 0. The minimum atomic E-state index is 0.942. The number of nitrogens with zero attached hydrogens (tertiary/aromatic N) is 4. The number of aryl methyl sites for hydroxylation is 4. The fraction of sp³-hybridized carbons (Fsp3) is 0.375. The molecule has 0 amide bonds. The van der Waals surface area contributed by atoms with E-state index in [1.165, 1.54) is 40.6 Å². The van der Waals surface area contributed by atoms with Gasteiger partial charge in [0.15, 0.2) is 0 Å². The van der Waals surface area contributed by atoms with Crippen LogP contribution in [0.2, 0.25) is 0 Å². The van der Waals surface area contributed by atoms with Crippen LogP contribution in [0.1, 0.15) is 23.2 Å². The Morgan fingerprint density at radius 1 is 1.20 bits per heavy atom. The molecule has 0 saturated carbocycles. The van der Waals surface area contributed by atoms with Crippen LogP contribution in [0.15, 0.2) is 30.9 Å². The van der Waals surface area contributed by atoms with E-state index in [1.807, 2.05) is 4.57 Å². The van der Waals surface area contributed by atoms with Crippen LogP contribution in [0.25, 0.3) is 10.9 Å². The molecule has 0 aliphatic carbocycles. The standard InChI is InChI=1S/C16H18N4/c1-12-14(7-9-19-10-17-18-11-19)15-6-2-4-13-5-3-8-20(12)16(13)15/h2,4,6,10-11H,3,5,7-9H2,1H3. The molecule has 0 unspecified atom stereocenters. The van der Waals surface area contributed by atoms with Gasteiger partial charge >= 0.3 is 0 Å². The summed E-state index contributed by atoms with van der Waals surface area (Å²) < 4.78 is 4.56. The predicted octanol–water partition coefficient (Wildman–Crippen LogP) is 2.73. The maximum atomic E-state index is 3.87. The van der Waals surface area contributed by atoms with Crippen molar-refractivity contribution in [3.8, 4) is 0 Å². The lowest BCUT2D eigenvalue weighted by Crippen LogP contribution is -2.08. The van der Waals surface area contributed by atoms with E-state index in [4.69, 9.17) is 0 Å². The zero-order valence-electron chi connectivity index (χ0n) is 11.7. The molecule has 1 aromatic carbocycles. The van der Waals surface area contributed by atoms with Crippen LogP contribution in [-0.4, -0.2) is 19.3 Å². The molecule has 0 spiro atoms. The van der Waals surface area contributed by atoms with Crippen molar-refractivity contribution in [1.29, 1.82) is 0 Å². The highest BCUT2D eigenvalue weighted by Crippen LogP contribution is 2.32. The van der Waals surface area contributed by atoms with E-state index in [9.17, 15) is 0 Å². The van der Waals surface area contributed by atoms with Crippen molar-refractivity contribution in [3.05, 3.63) is 47.7 Å². The maximum absolute atomic E-state index is 3.87. The van der Waals surface area contributed by atoms with Crippen molar-refractivity contribution in [1.82, 2.24) is 19.3 Å². The minimum Gasteiger partial charge on any atom is -0.344 e. The highest BCUT2D eigenvalue weighted by atomic mass is 15.2. The van der Waals surface area contributed by atoms with Gasteiger partial charge in [0.2, 0.25) is 0 Å². The van der Waals surface area contributed by atoms with Crippen molar-refractivity contribution in [3.63, 3.8) is 0 Å². The first-order valence-electron chi connectivity index (χ1n) is 7.26. The summed E-state index contributed by atoms with van der Waals surface area (Å²) in [6.07, 6.45) is 7.09. The van der Waals surface area contributed by atoms with Crippen LogP contribution in [0.5, 0.6) is 0 Å². The molecule has 4 rings (SSSR count). The third kappa shape index (κ3) is 1.68.